The van der Waals surface area contributed by atoms with Gasteiger partial charge in [0.05, 0.1) is 16.0 Å². The molecular weight excluding hydrogens is 287 g/mol. The fraction of sp³-hybridized carbons (Fsp3) is 0.214. The summed E-state index contributed by atoms with van der Waals surface area (Å²) in [6, 6.07) is 8.91. The summed E-state index contributed by atoms with van der Waals surface area (Å²) in [5.74, 6) is 0.303. The van der Waals surface area contributed by atoms with Gasteiger partial charge in [-0.2, -0.15) is 0 Å². The molecule has 1 aromatic carbocycles. The van der Waals surface area contributed by atoms with Gasteiger partial charge in [-0.3, -0.25) is 4.79 Å². The molecule has 1 aromatic heterocycles. The predicted molar refractivity (Wildman–Crippen MR) is 72.6 cm³/mol. The van der Waals surface area contributed by atoms with Gasteiger partial charge >= 0.3 is 5.97 Å². The first-order valence-electron chi connectivity index (χ1n) is 5.84. The van der Waals surface area contributed by atoms with Crippen molar-refractivity contribution in [2.75, 3.05) is 0 Å². The molecule has 2 unspecified atom stereocenters. The standard InChI is InChI=1S/C14H10Cl2O3/c15-10-2-1-7(5-11(10)16)12-3-4-13(19-12)8-6-9(8)14(17)18/h1-5,8-9H,6H2,(H,17,18). The van der Waals surface area contributed by atoms with Crippen LogP contribution in [0, 0.1) is 5.92 Å². The van der Waals surface area contributed by atoms with E-state index in [-0.39, 0.29) is 11.8 Å². The number of furan rings is 1. The minimum Gasteiger partial charge on any atom is -0.481 e. The Morgan fingerprint density at radius 2 is 2.00 bits per heavy atom. The highest BCUT2D eigenvalue weighted by Crippen LogP contribution is 2.48. The number of carboxylic acids is 1. The Morgan fingerprint density at radius 3 is 2.63 bits per heavy atom. The second-order valence-electron chi connectivity index (χ2n) is 4.62. The topological polar surface area (TPSA) is 50.4 Å². The Morgan fingerprint density at radius 1 is 1.21 bits per heavy atom. The molecule has 5 heteroatoms. The number of hydrogen-bond acceptors (Lipinski definition) is 2. The molecule has 2 atom stereocenters. The lowest BCUT2D eigenvalue weighted by atomic mass is 10.2. The number of carbonyl (C=O) groups is 1. The zero-order valence-electron chi connectivity index (χ0n) is 9.77. The van der Waals surface area contributed by atoms with E-state index in [0.717, 1.165) is 5.56 Å². The molecule has 3 nitrogen and oxygen atoms in total. The summed E-state index contributed by atoms with van der Waals surface area (Å²) in [6.45, 7) is 0. The van der Waals surface area contributed by atoms with Crippen LogP contribution in [0.3, 0.4) is 0 Å². The van der Waals surface area contributed by atoms with Gasteiger partial charge in [-0.15, -0.1) is 0 Å². The monoisotopic (exact) mass is 296 g/mol. The largest absolute Gasteiger partial charge is 0.481 e. The number of aliphatic carboxylic acids is 1. The van der Waals surface area contributed by atoms with Crippen molar-refractivity contribution in [1.82, 2.24) is 0 Å². The van der Waals surface area contributed by atoms with Gasteiger partial charge in [0.25, 0.3) is 0 Å². The molecule has 2 aromatic rings. The SMILES string of the molecule is O=C(O)C1CC1c1ccc(-c2ccc(Cl)c(Cl)c2)o1. The third kappa shape index (κ3) is 2.36. The minimum absolute atomic E-state index is 0.00554. The summed E-state index contributed by atoms with van der Waals surface area (Å²) < 4.78 is 5.70. The van der Waals surface area contributed by atoms with Crippen LogP contribution in [-0.4, -0.2) is 11.1 Å². The molecule has 3 rings (SSSR count). The first-order chi connectivity index (χ1) is 9.06. The summed E-state index contributed by atoms with van der Waals surface area (Å²) in [4.78, 5) is 10.8. The molecule has 0 spiro atoms. The highest BCUT2D eigenvalue weighted by atomic mass is 35.5. The molecule has 1 fully saturated rings. The molecule has 19 heavy (non-hydrogen) atoms. The van der Waals surface area contributed by atoms with Crippen LogP contribution >= 0.6 is 23.2 Å². The van der Waals surface area contributed by atoms with E-state index in [9.17, 15) is 4.79 Å². The van der Waals surface area contributed by atoms with E-state index in [0.29, 0.717) is 28.0 Å². The molecule has 0 amide bonds. The van der Waals surface area contributed by atoms with Gasteiger partial charge in [0.2, 0.25) is 0 Å². The molecule has 1 heterocycles. The van der Waals surface area contributed by atoms with Crippen LogP contribution in [0.4, 0.5) is 0 Å². The summed E-state index contributed by atoms with van der Waals surface area (Å²) >= 11 is 11.8. The normalized spacial score (nSPS) is 21.4. The van der Waals surface area contributed by atoms with Crippen LogP contribution in [0.2, 0.25) is 10.0 Å². The predicted octanol–water partition coefficient (Wildman–Crippen LogP) is 4.44. The van der Waals surface area contributed by atoms with Crippen molar-refractivity contribution in [1.29, 1.82) is 0 Å². The van der Waals surface area contributed by atoms with Crippen LogP contribution < -0.4 is 0 Å². The Bertz CT molecular complexity index is 648. The Balaban J connectivity index is 1.85. The quantitative estimate of drug-likeness (QED) is 0.911. The Labute approximate surface area is 119 Å². The first kappa shape index (κ1) is 12.6. The average Bonchev–Trinajstić information content (AvgIpc) is 3.04. The van der Waals surface area contributed by atoms with E-state index in [2.05, 4.69) is 0 Å². The molecule has 1 aliphatic rings. The van der Waals surface area contributed by atoms with Crippen molar-refractivity contribution in [2.45, 2.75) is 12.3 Å². The minimum atomic E-state index is -0.766. The number of rotatable bonds is 3. The summed E-state index contributed by atoms with van der Waals surface area (Å²) in [7, 11) is 0. The van der Waals surface area contributed by atoms with Gasteiger partial charge in [0.1, 0.15) is 11.5 Å². The van der Waals surface area contributed by atoms with Gasteiger partial charge in [0.15, 0.2) is 0 Å². The second kappa shape index (κ2) is 4.58. The van der Waals surface area contributed by atoms with E-state index in [4.69, 9.17) is 32.7 Å². The van der Waals surface area contributed by atoms with E-state index in [1.807, 2.05) is 18.2 Å². The maximum Gasteiger partial charge on any atom is 0.307 e. The number of hydrogen-bond donors (Lipinski definition) is 1. The van der Waals surface area contributed by atoms with Gasteiger partial charge in [-0.1, -0.05) is 23.2 Å². The van der Waals surface area contributed by atoms with E-state index >= 15 is 0 Å². The molecule has 98 valence electrons. The Kier molecular flexibility index (Phi) is 3.03. The number of carboxylic acid groups (broad SMARTS) is 1. The van der Waals surface area contributed by atoms with E-state index < -0.39 is 5.97 Å². The molecule has 1 aliphatic carbocycles. The molecule has 0 bridgehead atoms. The summed E-state index contributed by atoms with van der Waals surface area (Å²) in [5, 5.41) is 9.86. The zero-order valence-corrected chi connectivity index (χ0v) is 11.3. The average molecular weight is 297 g/mol. The lowest BCUT2D eigenvalue weighted by Crippen LogP contribution is -1.98. The third-order valence-electron chi connectivity index (χ3n) is 3.30. The lowest BCUT2D eigenvalue weighted by molar-refractivity contribution is -0.138. The maximum atomic E-state index is 10.8. The first-order valence-corrected chi connectivity index (χ1v) is 6.60. The van der Waals surface area contributed by atoms with Gasteiger partial charge < -0.3 is 9.52 Å². The molecule has 0 radical (unpaired) electrons. The van der Waals surface area contributed by atoms with Gasteiger partial charge in [0, 0.05) is 11.5 Å². The fourth-order valence-electron chi connectivity index (χ4n) is 2.14. The van der Waals surface area contributed by atoms with Gasteiger partial charge in [-0.05, 0) is 36.8 Å². The van der Waals surface area contributed by atoms with Crippen molar-refractivity contribution in [2.24, 2.45) is 5.92 Å². The van der Waals surface area contributed by atoms with Crippen LogP contribution in [-0.2, 0) is 4.79 Å². The van der Waals surface area contributed by atoms with Crippen molar-refractivity contribution in [3.8, 4) is 11.3 Å². The number of halogens is 2. The summed E-state index contributed by atoms with van der Waals surface area (Å²) in [5.41, 5.74) is 0.827. The number of benzene rings is 1. The maximum absolute atomic E-state index is 10.8. The van der Waals surface area contributed by atoms with Gasteiger partial charge in [-0.25, -0.2) is 0 Å². The highest BCUT2D eigenvalue weighted by molar-refractivity contribution is 6.42. The van der Waals surface area contributed by atoms with E-state index in [1.54, 1.807) is 12.1 Å². The van der Waals surface area contributed by atoms with Crippen molar-refractivity contribution >= 4 is 29.2 Å². The third-order valence-corrected chi connectivity index (χ3v) is 4.04. The van der Waals surface area contributed by atoms with Crippen LogP contribution in [0.5, 0.6) is 0 Å². The van der Waals surface area contributed by atoms with Crippen molar-refractivity contribution in [3.63, 3.8) is 0 Å². The molecule has 0 saturated heterocycles. The zero-order chi connectivity index (χ0) is 13.6. The molecule has 0 aliphatic heterocycles. The van der Waals surface area contributed by atoms with Crippen LogP contribution in [0.15, 0.2) is 34.7 Å². The molecule has 1 saturated carbocycles. The molecule has 1 N–H and O–H groups in total. The molecular formula is C14H10Cl2O3. The lowest BCUT2D eigenvalue weighted by Gasteiger charge is -2.00. The van der Waals surface area contributed by atoms with E-state index in [1.165, 1.54) is 0 Å². The smallest absolute Gasteiger partial charge is 0.307 e. The second-order valence-corrected chi connectivity index (χ2v) is 5.43. The summed E-state index contributed by atoms with van der Waals surface area (Å²) in [6.07, 6.45) is 0.643. The fourth-order valence-corrected chi connectivity index (χ4v) is 2.44. The Hall–Kier alpha value is -1.45. The van der Waals surface area contributed by atoms with Crippen LogP contribution in [0.1, 0.15) is 18.1 Å². The van der Waals surface area contributed by atoms with Crippen molar-refractivity contribution in [3.05, 3.63) is 46.1 Å². The van der Waals surface area contributed by atoms with Crippen LogP contribution in [0.25, 0.3) is 11.3 Å². The highest BCUT2D eigenvalue weighted by Gasteiger charge is 2.46. The van der Waals surface area contributed by atoms with Crippen molar-refractivity contribution < 1.29 is 14.3 Å².